The maximum atomic E-state index is 12.9. The summed E-state index contributed by atoms with van der Waals surface area (Å²) in [5.74, 6) is -1.06. The zero-order valence-electron chi connectivity index (χ0n) is 10.1. The molecule has 0 aliphatic carbocycles. The largest absolute Gasteiger partial charge is 0.327 e. The molecule has 0 aromatic heterocycles. The van der Waals surface area contributed by atoms with Gasteiger partial charge in [-0.15, -0.1) is 0 Å². The van der Waals surface area contributed by atoms with Gasteiger partial charge in [-0.2, -0.15) is 0 Å². The molecule has 1 aromatic rings. The van der Waals surface area contributed by atoms with Crippen molar-refractivity contribution in [1.82, 2.24) is 0 Å². The summed E-state index contributed by atoms with van der Waals surface area (Å²) in [7, 11) is 0. The van der Waals surface area contributed by atoms with Gasteiger partial charge in [-0.05, 0) is 36.0 Å². The fourth-order valence-corrected chi connectivity index (χ4v) is 1.51. The highest BCUT2D eigenvalue weighted by atomic mass is 19.1. The van der Waals surface area contributed by atoms with Crippen molar-refractivity contribution in [2.75, 3.05) is 0 Å². The van der Waals surface area contributed by atoms with Gasteiger partial charge in [0.1, 0.15) is 11.6 Å². The van der Waals surface area contributed by atoms with E-state index < -0.39 is 11.6 Å². The maximum Gasteiger partial charge on any atom is 0.126 e. The molecular formula is C13H19F2N. The molecule has 0 radical (unpaired) electrons. The predicted molar refractivity (Wildman–Crippen MR) is 62.1 cm³/mol. The second-order valence-electron chi connectivity index (χ2n) is 5.29. The van der Waals surface area contributed by atoms with Crippen LogP contribution in [0, 0.1) is 17.0 Å². The van der Waals surface area contributed by atoms with Gasteiger partial charge in [0.05, 0.1) is 0 Å². The molecule has 1 rings (SSSR count). The molecule has 1 nitrogen and oxygen atoms in total. The fraction of sp³-hybridized carbons (Fsp3) is 0.538. The van der Waals surface area contributed by atoms with Gasteiger partial charge < -0.3 is 5.73 Å². The van der Waals surface area contributed by atoms with Crippen LogP contribution in [0.4, 0.5) is 8.78 Å². The Labute approximate surface area is 95.7 Å². The van der Waals surface area contributed by atoms with Gasteiger partial charge in [-0.1, -0.05) is 20.8 Å². The zero-order valence-corrected chi connectivity index (χ0v) is 10.1. The van der Waals surface area contributed by atoms with E-state index in [9.17, 15) is 8.78 Å². The molecule has 0 heterocycles. The van der Waals surface area contributed by atoms with Crippen molar-refractivity contribution in [1.29, 1.82) is 0 Å². The van der Waals surface area contributed by atoms with Crippen LogP contribution in [-0.4, -0.2) is 6.04 Å². The van der Waals surface area contributed by atoms with E-state index in [1.807, 2.05) is 0 Å². The Morgan fingerprint density at radius 1 is 1.12 bits per heavy atom. The molecule has 0 saturated heterocycles. The van der Waals surface area contributed by atoms with Crippen LogP contribution in [0.1, 0.15) is 32.8 Å². The van der Waals surface area contributed by atoms with Gasteiger partial charge in [0.15, 0.2) is 0 Å². The van der Waals surface area contributed by atoms with Crippen LogP contribution in [0.25, 0.3) is 0 Å². The first-order valence-electron chi connectivity index (χ1n) is 5.49. The van der Waals surface area contributed by atoms with Crippen molar-refractivity contribution in [3.05, 3.63) is 35.4 Å². The topological polar surface area (TPSA) is 26.0 Å². The minimum absolute atomic E-state index is 0.0197. The number of benzene rings is 1. The lowest BCUT2D eigenvalue weighted by molar-refractivity contribution is 0.306. The van der Waals surface area contributed by atoms with Crippen molar-refractivity contribution >= 4 is 0 Å². The maximum absolute atomic E-state index is 12.9. The lowest BCUT2D eigenvalue weighted by Crippen LogP contribution is -2.35. The summed E-state index contributed by atoms with van der Waals surface area (Å²) in [5, 5.41) is 0. The average Bonchev–Trinajstić information content (AvgIpc) is 2.11. The van der Waals surface area contributed by atoms with E-state index in [2.05, 4.69) is 20.8 Å². The fourth-order valence-electron chi connectivity index (χ4n) is 1.51. The molecule has 1 unspecified atom stereocenters. The molecule has 1 aromatic carbocycles. The molecule has 0 bridgehead atoms. The average molecular weight is 227 g/mol. The molecule has 0 spiro atoms. The normalized spacial score (nSPS) is 13.9. The van der Waals surface area contributed by atoms with Crippen molar-refractivity contribution in [2.24, 2.45) is 11.1 Å². The summed E-state index contributed by atoms with van der Waals surface area (Å²) >= 11 is 0. The third-order valence-electron chi connectivity index (χ3n) is 2.78. The molecule has 16 heavy (non-hydrogen) atoms. The van der Waals surface area contributed by atoms with Gasteiger partial charge in [0, 0.05) is 12.1 Å². The summed E-state index contributed by atoms with van der Waals surface area (Å²) < 4.78 is 25.8. The molecule has 0 aliphatic heterocycles. The van der Waals surface area contributed by atoms with Gasteiger partial charge in [0.25, 0.3) is 0 Å². The third kappa shape index (κ3) is 3.89. The Hall–Kier alpha value is -0.960. The van der Waals surface area contributed by atoms with Crippen molar-refractivity contribution in [3.63, 3.8) is 0 Å². The van der Waals surface area contributed by atoms with E-state index in [4.69, 9.17) is 5.73 Å². The monoisotopic (exact) mass is 227 g/mol. The zero-order chi connectivity index (χ0) is 12.3. The smallest absolute Gasteiger partial charge is 0.126 e. The summed E-state index contributed by atoms with van der Waals surface area (Å²) in [5.41, 5.74) is 6.67. The first kappa shape index (κ1) is 13.1. The van der Waals surface area contributed by atoms with Crippen LogP contribution in [-0.2, 0) is 6.42 Å². The molecule has 1 atom stereocenters. The van der Waals surface area contributed by atoms with Crippen molar-refractivity contribution in [3.8, 4) is 0 Å². The Morgan fingerprint density at radius 2 is 1.62 bits per heavy atom. The van der Waals surface area contributed by atoms with Crippen molar-refractivity contribution in [2.45, 2.75) is 39.7 Å². The highest BCUT2D eigenvalue weighted by Gasteiger charge is 2.20. The van der Waals surface area contributed by atoms with Gasteiger partial charge in [-0.25, -0.2) is 8.78 Å². The van der Waals surface area contributed by atoms with Crippen LogP contribution in [0.5, 0.6) is 0 Å². The van der Waals surface area contributed by atoms with Crippen LogP contribution in [0.15, 0.2) is 18.2 Å². The minimum atomic E-state index is -0.528. The standard InChI is InChI=1S/C13H19F2N/c1-13(2,3)12(16)5-4-9-6-10(14)8-11(15)7-9/h6-8,12H,4-5,16H2,1-3H3. The predicted octanol–water partition coefficient (Wildman–Crippen LogP) is 3.27. The van der Waals surface area contributed by atoms with E-state index in [-0.39, 0.29) is 11.5 Å². The van der Waals surface area contributed by atoms with Crippen LogP contribution in [0.3, 0.4) is 0 Å². The first-order chi connectivity index (χ1) is 7.29. The van der Waals surface area contributed by atoms with E-state index in [1.165, 1.54) is 12.1 Å². The van der Waals surface area contributed by atoms with Crippen LogP contribution < -0.4 is 5.73 Å². The number of rotatable bonds is 3. The Kier molecular flexibility index (Phi) is 4.03. The molecule has 0 saturated carbocycles. The second kappa shape index (κ2) is 4.91. The molecular weight excluding hydrogens is 208 g/mol. The highest BCUT2D eigenvalue weighted by Crippen LogP contribution is 2.21. The summed E-state index contributed by atoms with van der Waals surface area (Å²) in [6, 6.07) is 3.63. The lowest BCUT2D eigenvalue weighted by Gasteiger charge is -2.27. The number of aryl methyl sites for hydroxylation is 1. The molecule has 3 heteroatoms. The quantitative estimate of drug-likeness (QED) is 0.842. The van der Waals surface area contributed by atoms with Gasteiger partial charge in [0.2, 0.25) is 0 Å². The summed E-state index contributed by atoms with van der Waals surface area (Å²) in [6.07, 6.45) is 1.33. The number of hydrogen-bond acceptors (Lipinski definition) is 1. The van der Waals surface area contributed by atoms with Gasteiger partial charge >= 0.3 is 0 Å². The highest BCUT2D eigenvalue weighted by molar-refractivity contribution is 5.18. The molecule has 0 fully saturated rings. The van der Waals surface area contributed by atoms with Gasteiger partial charge in [-0.3, -0.25) is 0 Å². The number of nitrogens with two attached hydrogens (primary N) is 1. The molecule has 0 aliphatic rings. The van der Waals surface area contributed by atoms with Crippen LogP contribution in [0.2, 0.25) is 0 Å². The summed E-state index contributed by atoms with van der Waals surface area (Å²) in [6.45, 7) is 6.18. The second-order valence-corrected chi connectivity index (χ2v) is 5.29. The lowest BCUT2D eigenvalue weighted by atomic mass is 9.84. The Morgan fingerprint density at radius 3 is 2.06 bits per heavy atom. The summed E-state index contributed by atoms with van der Waals surface area (Å²) in [4.78, 5) is 0. The van der Waals surface area contributed by atoms with E-state index in [0.29, 0.717) is 12.0 Å². The third-order valence-corrected chi connectivity index (χ3v) is 2.78. The molecule has 0 amide bonds. The Balaban J connectivity index is 2.61. The Bertz CT molecular complexity index is 335. The number of hydrogen-bond donors (Lipinski definition) is 1. The van der Waals surface area contributed by atoms with E-state index >= 15 is 0 Å². The SMILES string of the molecule is CC(C)(C)C(N)CCc1cc(F)cc(F)c1. The molecule has 2 N–H and O–H groups in total. The van der Waals surface area contributed by atoms with E-state index in [1.54, 1.807) is 0 Å². The number of halogens is 2. The van der Waals surface area contributed by atoms with Crippen LogP contribution >= 0.6 is 0 Å². The van der Waals surface area contributed by atoms with E-state index in [0.717, 1.165) is 12.5 Å². The van der Waals surface area contributed by atoms with Crippen molar-refractivity contribution < 1.29 is 8.78 Å². The minimum Gasteiger partial charge on any atom is -0.327 e. The molecule has 90 valence electrons. The first-order valence-corrected chi connectivity index (χ1v) is 5.49.